The Hall–Kier alpha value is -1.95. The zero-order chi connectivity index (χ0) is 14.9. The van der Waals surface area contributed by atoms with Gasteiger partial charge in [-0.1, -0.05) is 0 Å². The number of benzene rings is 1. The molecule has 0 aliphatic heterocycles. The molecule has 1 aromatic heterocycles. The summed E-state index contributed by atoms with van der Waals surface area (Å²) in [6, 6.07) is 2.72. The maximum Gasteiger partial charge on any atom is 0.254 e. The van der Waals surface area contributed by atoms with Gasteiger partial charge in [0.2, 0.25) is 0 Å². The van der Waals surface area contributed by atoms with Gasteiger partial charge >= 0.3 is 0 Å². The minimum atomic E-state index is -0.466. The zero-order valence-electron chi connectivity index (χ0n) is 11.6. The molecule has 0 saturated carbocycles. The number of aryl methyl sites for hydroxylation is 1. The number of hydrogen-bond donors (Lipinski definition) is 1. The molecule has 1 aromatic carbocycles. The number of rotatable bonds is 3. The Kier molecular flexibility index (Phi) is 4.04. The molecule has 1 heterocycles. The molecule has 0 radical (unpaired) electrons. The Balaban J connectivity index is 2.18. The summed E-state index contributed by atoms with van der Waals surface area (Å²) in [6.45, 7) is 3.88. The summed E-state index contributed by atoms with van der Waals surface area (Å²) in [5.74, 6) is -0.743. The Morgan fingerprint density at radius 1 is 1.45 bits per heavy atom. The highest BCUT2D eigenvalue weighted by molar-refractivity contribution is 7.09. The van der Waals surface area contributed by atoms with Crippen molar-refractivity contribution in [3.05, 3.63) is 45.2 Å². The van der Waals surface area contributed by atoms with Crippen LogP contribution in [-0.2, 0) is 6.54 Å². The SMILES string of the molecule is Cc1nc(CN(C)C(=O)c2cc(N)c(C)c(F)c2)cs1. The van der Waals surface area contributed by atoms with Crippen molar-refractivity contribution >= 4 is 22.9 Å². The van der Waals surface area contributed by atoms with Crippen LogP contribution in [0.2, 0.25) is 0 Å². The van der Waals surface area contributed by atoms with Crippen molar-refractivity contribution in [1.29, 1.82) is 0 Å². The van der Waals surface area contributed by atoms with Crippen molar-refractivity contribution in [3.63, 3.8) is 0 Å². The molecule has 0 aliphatic carbocycles. The number of aromatic nitrogens is 1. The van der Waals surface area contributed by atoms with E-state index >= 15 is 0 Å². The summed E-state index contributed by atoms with van der Waals surface area (Å²) in [5, 5.41) is 2.86. The van der Waals surface area contributed by atoms with Gasteiger partial charge in [-0.05, 0) is 26.0 Å². The van der Waals surface area contributed by atoms with Crippen LogP contribution < -0.4 is 5.73 Å². The molecule has 6 heteroatoms. The molecule has 0 spiro atoms. The van der Waals surface area contributed by atoms with Crippen LogP contribution in [0.4, 0.5) is 10.1 Å². The number of carbonyl (C=O) groups excluding carboxylic acids is 1. The van der Waals surface area contributed by atoms with Crippen molar-refractivity contribution in [1.82, 2.24) is 9.88 Å². The first kappa shape index (κ1) is 14.5. The fraction of sp³-hybridized carbons (Fsp3) is 0.286. The van der Waals surface area contributed by atoms with Gasteiger partial charge in [-0.2, -0.15) is 0 Å². The van der Waals surface area contributed by atoms with Crippen molar-refractivity contribution in [2.24, 2.45) is 0 Å². The molecule has 0 fully saturated rings. The maximum absolute atomic E-state index is 13.6. The van der Waals surface area contributed by atoms with Crippen molar-refractivity contribution in [2.45, 2.75) is 20.4 Å². The van der Waals surface area contributed by atoms with Gasteiger partial charge in [0.1, 0.15) is 5.82 Å². The fourth-order valence-corrected chi connectivity index (χ4v) is 2.44. The summed E-state index contributed by atoms with van der Waals surface area (Å²) in [7, 11) is 1.66. The quantitative estimate of drug-likeness (QED) is 0.885. The zero-order valence-corrected chi connectivity index (χ0v) is 12.4. The number of nitrogens with two attached hydrogens (primary N) is 1. The first-order valence-corrected chi connectivity index (χ1v) is 6.98. The molecule has 0 aliphatic rings. The summed E-state index contributed by atoms with van der Waals surface area (Å²) in [4.78, 5) is 18.1. The van der Waals surface area contributed by atoms with E-state index in [0.717, 1.165) is 10.7 Å². The van der Waals surface area contributed by atoms with E-state index in [0.29, 0.717) is 12.1 Å². The van der Waals surface area contributed by atoms with Gasteiger partial charge < -0.3 is 10.6 Å². The van der Waals surface area contributed by atoms with Crippen LogP contribution >= 0.6 is 11.3 Å². The Morgan fingerprint density at radius 2 is 2.15 bits per heavy atom. The minimum Gasteiger partial charge on any atom is -0.398 e. The van der Waals surface area contributed by atoms with Gasteiger partial charge in [-0.25, -0.2) is 9.37 Å². The molecule has 2 rings (SSSR count). The largest absolute Gasteiger partial charge is 0.398 e. The van der Waals surface area contributed by atoms with Gasteiger partial charge in [-0.3, -0.25) is 4.79 Å². The molecule has 2 aromatic rings. The van der Waals surface area contributed by atoms with E-state index in [-0.39, 0.29) is 17.2 Å². The molecule has 0 atom stereocenters. The fourth-order valence-electron chi connectivity index (χ4n) is 1.84. The van der Waals surface area contributed by atoms with E-state index in [1.165, 1.54) is 28.4 Å². The standard InChI is InChI=1S/C14H16FN3OS/c1-8-12(15)4-10(5-13(8)16)14(19)18(3)6-11-7-20-9(2)17-11/h4-5,7H,6,16H2,1-3H3. The molecule has 1 amide bonds. The third-order valence-electron chi connectivity index (χ3n) is 3.04. The second-order valence-electron chi connectivity index (χ2n) is 4.69. The number of carbonyl (C=O) groups is 1. The highest BCUT2D eigenvalue weighted by Crippen LogP contribution is 2.19. The average Bonchev–Trinajstić information content (AvgIpc) is 2.79. The summed E-state index contributed by atoms with van der Waals surface area (Å²) in [6.07, 6.45) is 0. The second kappa shape index (κ2) is 5.58. The topological polar surface area (TPSA) is 59.2 Å². The van der Waals surface area contributed by atoms with Crippen LogP contribution in [0.3, 0.4) is 0 Å². The third-order valence-corrected chi connectivity index (χ3v) is 3.87. The molecule has 4 nitrogen and oxygen atoms in total. The van der Waals surface area contributed by atoms with Crippen molar-refractivity contribution < 1.29 is 9.18 Å². The van der Waals surface area contributed by atoms with Gasteiger partial charge in [0.05, 0.1) is 17.2 Å². The second-order valence-corrected chi connectivity index (χ2v) is 5.75. The average molecular weight is 293 g/mol. The van der Waals surface area contributed by atoms with Crippen LogP contribution in [0.15, 0.2) is 17.5 Å². The molecule has 106 valence electrons. The first-order chi connectivity index (χ1) is 9.38. The smallest absolute Gasteiger partial charge is 0.254 e. The van der Waals surface area contributed by atoms with Gasteiger partial charge in [-0.15, -0.1) is 11.3 Å². The number of amides is 1. The Morgan fingerprint density at radius 3 is 2.70 bits per heavy atom. The van der Waals surface area contributed by atoms with Gasteiger partial charge in [0.15, 0.2) is 0 Å². The molecule has 0 saturated heterocycles. The van der Waals surface area contributed by atoms with Crippen LogP contribution in [0.1, 0.15) is 26.6 Å². The van der Waals surface area contributed by atoms with E-state index in [1.807, 2.05) is 12.3 Å². The monoisotopic (exact) mass is 293 g/mol. The number of nitrogens with zero attached hydrogens (tertiary/aromatic N) is 2. The molecule has 20 heavy (non-hydrogen) atoms. The number of hydrogen-bond acceptors (Lipinski definition) is 4. The number of thiazole rings is 1. The van der Waals surface area contributed by atoms with E-state index in [2.05, 4.69) is 4.98 Å². The molecule has 0 bridgehead atoms. The van der Waals surface area contributed by atoms with Crippen molar-refractivity contribution in [3.8, 4) is 0 Å². The van der Waals surface area contributed by atoms with E-state index in [1.54, 1.807) is 14.0 Å². The van der Waals surface area contributed by atoms with E-state index in [9.17, 15) is 9.18 Å². The van der Waals surface area contributed by atoms with Crippen molar-refractivity contribution in [2.75, 3.05) is 12.8 Å². The first-order valence-electron chi connectivity index (χ1n) is 6.10. The molecule has 0 unspecified atom stereocenters. The normalized spacial score (nSPS) is 10.6. The highest BCUT2D eigenvalue weighted by Gasteiger charge is 2.16. The van der Waals surface area contributed by atoms with E-state index < -0.39 is 5.82 Å². The van der Waals surface area contributed by atoms with Gasteiger partial charge in [0, 0.05) is 29.2 Å². The van der Waals surface area contributed by atoms with Crippen LogP contribution in [0, 0.1) is 19.7 Å². The van der Waals surface area contributed by atoms with Crippen LogP contribution in [0.5, 0.6) is 0 Å². The van der Waals surface area contributed by atoms with Gasteiger partial charge in [0.25, 0.3) is 5.91 Å². The number of nitrogen functional groups attached to an aromatic ring is 1. The van der Waals surface area contributed by atoms with Crippen LogP contribution in [-0.4, -0.2) is 22.8 Å². The Bertz CT molecular complexity index is 631. The van der Waals surface area contributed by atoms with E-state index in [4.69, 9.17) is 5.73 Å². The third kappa shape index (κ3) is 2.96. The predicted molar refractivity (Wildman–Crippen MR) is 78.2 cm³/mol. The lowest BCUT2D eigenvalue weighted by molar-refractivity contribution is 0.0783. The lowest BCUT2D eigenvalue weighted by atomic mass is 10.1. The Labute approximate surface area is 121 Å². The lowest BCUT2D eigenvalue weighted by Crippen LogP contribution is -2.26. The minimum absolute atomic E-state index is 0.250. The summed E-state index contributed by atoms with van der Waals surface area (Å²) in [5.41, 5.74) is 7.41. The number of anilines is 1. The van der Waals surface area contributed by atoms with Crippen LogP contribution in [0.25, 0.3) is 0 Å². The summed E-state index contributed by atoms with van der Waals surface area (Å²) < 4.78 is 13.6. The summed E-state index contributed by atoms with van der Waals surface area (Å²) >= 11 is 1.53. The molecule has 2 N–H and O–H groups in total. The molecular weight excluding hydrogens is 277 g/mol. The lowest BCUT2D eigenvalue weighted by Gasteiger charge is -2.16. The predicted octanol–water partition coefficient (Wildman–Crippen LogP) is 2.75. The maximum atomic E-state index is 13.6. The molecular formula is C14H16FN3OS. The number of halogens is 1. The highest BCUT2D eigenvalue weighted by atomic mass is 32.1.